The third-order valence-corrected chi connectivity index (χ3v) is 1.90. The zero-order valence-electron chi connectivity index (χ0n) is 6.40. The molecule has 1 atom stereocenters. The molecule has 0 bridgehead atoms. The molecule has 2 rings (SSSR count). The predicted octanol–water partition coefficient (Wildman–Crippen LogP) is 0.347. The second-order valence-electron chi connectivity index (χ2n) is 2.73. The van der Waals surface area contributed by atoms with E-state index in [1.54, 1.807) is 6.21 Å². The number of dihydropyridines is 1. The molecule has 0 radical (unpaired) electrons. The lowest BCUT2D eigenvalue weighted by molar-refractivity contribution is -0.113. The normalized spacial score (nSPS) is 26.4. The minimum Gasteiger partial charge on any atom is -0.321 e. The van der Waals surface area contributed by atoms with Crippen molar-refractivity contribution in [3.63, 3.8) is 0 Å². The first-order valence-electron chi connectivity index (χ1n) is 3.71. The maximum absolute atomic E-state index is 10.9. The van der Waals surface area contributed by atoms with Gasteiger partial charge in [0.05, 0.1) is 0 Å². The molecule has 0 fully saturated rings. The van der Waals surface area contributed by atoms with E-state index in [2.05, 4.69) is 4.99 Å². The molecule has 0 spiro atoms. The minimum absolute atomic E-state index is 0.166. The van der Waals surface area contributed by atoms with Crippen LogP contribution in [0.1, 0.15) is 0 Å². The van der Waals surface area contributed by atoms with Gasteiger partial charge in [-0.05, 0) is 11.1 Å². The molecule has 2 N–H and O–H groups in total. The van der Waals surface area contributed by atoms with Crippen LogP contribution in [-0.2, 0) is 4.79 Å². The van der Waals surface area contributed by atoms with Crippen LogP contribution in [0, 0.1) is 0 Å². The van der Waals surface area contributed by atoms with E-state index in [0.29, 0.717) is 0 Å². The molecule has 2 aliphatic rings. The number of carbonyl (C=O) groups is 1. The zero-order chi connectivity index (χ0) is 8.55. The van der Waals surface area contributed by atoms with Crippen molar-refractivity contribution in [1.82, 2.24) is 0 Å². The van der Waals surface area contributed by atoms with Gasteiger partial charge in [-0.15, -0.1) is 0 Å². The van der Waals surface area contributed by atoms with Gasteiger partial charge in [-0.3, -0.25) is 4.79 Å². The SMILES string of the molecule is NC1C=CC=C2C=NC(=O)C=C21. The van der Waals surface area contributed by atoms with Gasteiger partial charge < -0.3 is 5.73 Å². The summed E-state index contributed by atoms with van der Waals surface area (Å²) < 4.78 is 0. The lowest BCUT2D eigenvalue weighted by Crippen LogP contribution is -2.25. The summed E-state index contributed by atoms with van der Waals surface area (Å²) in [6, 6.07) is -0.166. The van der Waals surface area contributed by atoms with Crippen LogP contribution in [0.15, 0.2) is 40.4 Å². The van der Waals surface area contributed by atoms with E-state index in [1.165, 1.54) is 6.08 Å². The van der Waals surface area contributed by atoms with Gasteiger partial charge in [0.25, 0.3) is 5.91 Å². The van der Waals surface area contributed by atoms with Crippen LogP contribution < -0.4 is 5.73 Å². The van der Waals surface area contributed by atoms with Crippen molar-refractivity contribution in [3.05, 3.63) is 35.5 Å². The van der Waals surface area contributed by atoms with Crippen LogP contribution in [-0.4, -0.2) is 18.2 Å². The lowest BCUT2D eigenvalue weighted by Gasteiger charge is -2.17. The van der Waals surface area contributed by atoms with E-state index in [4.69, 9.17) is 5.73 Å². The fraction of sp³-hybridized carbons (Fsp3) is 0.111. The quantitative estimate of drug-likeness (QED) is 0.555. The fourth-order valence-electron chi connectivity index (χ4n) is 1.27. The maximum Gasteiger partial charge on any atom is 0.270 e. The number of fused-ring (bicyclic) bond motifs is 1. The summed E-state index contributed by atoms with van der Waals surface area (Å²) in [6.07, 6.45) is 8.66. The highest BCUT2D eigenvalue weighted by atomic mass is 16.1. The molecule has 3 nitrogen and oxygen atoms in total. The zero-order valence-corrected chi connectivity index (χ0v) is 6.40. The van der Waals surface area contributed by atoms with E-state index >= 15 is 0 Å². The fourth-order valence-corrected chi connectivity index (χ4v) is 1.27. The van der Waals surface area contributed by atoms with Crippen molar-refractivity contribution in [1.29, 1.82) is 0 Å². The summed E-state index contributed by atoms with van der Waals surface area (Å²) in [5.74, 6) is -0.229. The summed E-state index contributed by atoms with van der Waals surface area (Å²) in [5, 5.41) is 0. The average molecular weight is 160 g/mol. The van der Waals surface area contributed by atoms with Gasteiger partial charge in [0, 0.05) is 18.3 Å². The Labute approximate surface area is 70.0 Å². The van der Waals surface area contributed by atoms with Crippen LogP contribution in [0.4, 0.5) is 0 Å². The molecule has 0 aromatic heterocycles. The third-order valence-electron chi connectivity index (χ3n) is 1.90. The van der Waals surface area contributed by atoms with Crippen molar-refractivity contribution in [2.24, 2.45) is 10.7 Å². The van der Waals surface area contributed by atoms with Gasteiger partial charge in [-0.1, -0.05) is 18.2 Å². The van der Waals surface area contributed by atoms with Gasteiger partial charge in [0.2, 0.25) is 0 Å². The molecule has 1 aliphatic carbocycles. The summed E-state index contributed by atoms with van der Waals surface area (Å²) in [6.45, 7) is 0. The highest BCUT2D eigenvalue weighted by molar-refractivity contribution is 6.05. The summed E-state index contributed by atoms with van der Waals surface area (Å²) in [7, 11) is 0. The molecule has 1 unspecified atom stereocenters. The standard InChI is InChI=1S/C9H8N2O/c10-8-3-1-2-6-5-11-9(12)4-7(6)8/h1-5,8H,10H2. The number of allylic oxidation sites excluding steroid dienone is 2. The van der Waals surface area contributed by atoms with E-state index in [9.17, 15) is 4.79 Å². The number of rotatable bonds is 0. The van der Waals surface area contributed by atoms with Crippen LogP contribution in [0.2, 0.25) is 0 Å². The average Bonchev–Trinajstić information content (AvgIpc) is 2.07. The van der Waals surface area contributed by atoms with Gasteiger partial charge in [-0.25, -0.2) is 4.99 Å². The second kappa shape index (κ2) is 2.53. The first kappa shape index (κ1) is 7.18. The molecule has 0 saturated heterocycles. The Morgan fingerprint density at radius 1 is 1.50 bits per heavy atom. The third kappa shape index (κ3) is 1.04. The number of amides is 1. The van der Waals surface area contributed by atoms with Crippen molar-refractivity contribution in [2.75, 3.05) is 0 Å². The van der Waals surface area contributed by atoms with Crippen molar-refractivity contribution in [3.8, 4) is 0 Å². The first-order chi connectivity index (χ1) is 5.77. The first-order valence-corrected chi connectivity index (χ1v) is 3.71. The van der Waals surface area contributed by atoms with Gasteiger partial charge >= 0.3 is 0 Å². The summed E-state index contributed by atoms with van der Waals surface area (Å²) in [4.78, 5) is 14.5. The van der Waals surface area contributed by atoms with E-state index in [0.717, 1.165) is 11.1 Å². The smallest absolute Gasteiger partial charge is 0.270 e. The predicted molar refractivity (Wildman–Crippen MR) is 46.8 cm³/mol. The van der Waals surface area contributed by atoms with Crippen molar-refractivity contribution >= 4 is 12.1 Å². The molecule has 12 heavy (non-hydrogen) atoms. The Balaban J connectivity index is 2.46. The molecule has 0 aromatic carbocycles. The highest BCUT2D eigenvalue weighted by Crippen LogP contribution is 2.19. The number of nitrogens with zero attached hydrogens (tertiary/aromatic N) is 1. The molecule has 60 valence electrons. The van der Waals surface area contributed by atoms with Crippen LogP contribution in [0.25, 0.3) is 0 Å². The minimum atomic E-state index is -0.229. The Bertz CT molecular complexity index is 348. The molecular formula is C9H8N2O. The summed E-state index contributed by atoms with van der Waals surface area (Å²) in [5.41, 5.74) is 7.54. The van der Waals surface area contributed by atoms with Gasteiger partial charge in [0.1, 0.15) is 0 Å². The van der Waals surface area contributed by atoms with Crippen LogP contribution >= 0.6 is 0 Å². The van der Waals surface area contributed by atoms with Crippen molar-refractivity contribution in [2.45, 2.75) is 6.04 Å². The molecule has 0 saturated carbocycles. The Hall–Kier alpha value is -1.48. The number of hydrogen-bond acceptors (Lipinski definition) is 2. The molecule has 0 aromatic rings. The van der Waals surface area contributed by atoms with E-state index in [1.807, 2.05) is 18.2 Å². The van der Waals surface area contributed by atoms with Crippen molar-refractivity contribution < 1.29 is 4.79 Å². The topological polar surface area (TPSA) is 55.4 Å². The molecule has 1 amide bonds. The molecular weight excluding hydrogens is 152 g/mol. The molecule has 1 aliphatic heterocycles. The number of hydrogen-bond donors (Lipinski definition) is 1. The van der Waals surface area contributed by atoms with Crippen LogP contribution in [0.3, 0.4) is 0 Å². The van der Waals surface area contributed by atoms with Crippen LogP contribution in [0.5, 0.6) is 0 Å². The van der Waals surface area contributed by atoms with Gasteiger partial charge in [0.15, 0.2) is 0 Å². The number of carbonyl (C=O) groups excluding carboxylic acids is 1. The highest BCUT2D eigenvalue weighted by Gasteiger charge is 2.17. The van der Waals surface area contributed by atoms with E-state index < -0.39 is 0 Å². The number of aliphatic imine (C=N–C) groups is 1. The maximum atomic E-state index is 10.9. The largest absolute Gasteiger partial charge is 0.321 e. The van der Waals surface area contributed by atoms with Gasteiger partial charge in [-0.2, -0.15) is 0 Å². The molecule has 1 heterocycles. The number of nitrogens with two attached hydrogens (primary N) is 1. The molecule has 3 heteroatoms. The Kier molecular flexibility index (Phi) is 1.52. The Morgan fingerprint density at radius 3 is 3.17 bits per heavy atom. The lowest BCUT2D eigenvalue weighted by atomic mass is 9.93. The second-order valence-corrected chi connectivity index (χ2v) is 2.73. The summed E-state index contributed by atoms with van der Waals surface area (Å²) >= 11 is 0. The van der Waals surface area contributed by atoms with E-state index in [-0.39, 0.29) is 11.9 Å². The Morgan fingerprint density at radius 2 is 2.33 bits per heavy atom. The monoisotopic (exact) mass is 160 g/mol.